The Balaban J connectivity index is 0.00000289. The number of Topliss-reactive ketones (excluding diaryl/α,β-unsaturated/α-hetero) is 1. The van der Waals surface area contributed by atoms with E-state index >= 15 is 0 Å². The summed E-state index contributed by atoms with van der Waals surface area (Å²) in [5.41, 5.74) is 1.48. The van der Waals surface area contributed by atoms with E-state index in [0.29, 0.717) is 22.4 Å². The quantitative estimate of drug-likeness (QED) is 0.470. The molecular formula is C13H14O3SU. The largest absolute Gasteiger partial charge is 2.00 e. The predicted molar refractivity (Wildman–Crippen MR) is 68.5 cm³/mol. The molecule has 0 bridgehead atoms. The standard InChI is InChI=1S/C13H14O3S.U/c1-9(2)10-6-5-7-11(13(10)16-3)12(14)8-17(4)15;/h1,5,7H,8H2,2-4H3;/q-2;+2. The first-order valence-electron chi connectivity index (χ1n) is 4.98. The first-order valence-corrected chi connectivity index (χ1v) is 6.71. The number of ether oxygens (including phenoxy) is 1. The number of carbonyl (C=O) groups is 1. The molecule has 3 nitrogen and oxygen atoms in total. The minimum absolute atomic E-state index is 0. The minimum atomic E-state index is -1.18. The molecular weight excluding hydrogens is 474 g/mol. The van der Waals surface area contributed by atoms with E-state index in [1.54, 1.807) is 19.1 Å². The maximum absolute atomic E-state index is 11.9. The second-order valence-corrected chi connectivity index (χ2v) is 5.06. The monoisotopic (exact) mass is 488 g/mol. The molecule has 94 valence electrons. The van der Waals surface area contributed by atoms with Gasteiger partial charge in [0.25, 0.3) is 0 Å². The van der Waals surface area contributed by atoms with Crippen LogP contribution in [0.1, 0.15) is 22.8 Å². The summed E-state index contributed by atoms with van der Waals surface area (Å²) < 4.78 is 16.2. The average molecular weight is 488 g/mol. The number of ketones is 1. The third-order valence-corrected chi connectivity index (χ3v) is 2.85. The fourth-order valence-electron chi connectivity index (χ4n) is 1.47. The van der Waals surface area contributed by atoms with Crippen LogP contribution in [0.3, 0.4) is 0 Å². The number of hydrogen-bond acceptors (Lipinski definition) is 3. The Morgan fingerprint density at radius 2 is 2.17 bits per heavy atom. The normalized spacial score (nSPS) is 11.3. The third-order valence-electron chi connectivity index (χ3n) is 2.18. The van der Waals surface area contributed by atoms with Crippen molar-refractivity contribution >= 4 is 22.2 Å². The van der Waals surface area contributed by atoms with Crippen LogP contribution in [0.5, 0.6) is 5.75 Å². The Hall–Kier alpha value is -0.368. The topological polar surface area (TPSA) is 43.4 Å². The van der Waals surface area contributed by atoms with E-state index in [4.69, 9.17) is 11.3 Å². The molecule has 0 amide bonds. The van der Waals surface area contributed by atoms with E-state index in [0.717, 1.165) is 0 Å². The zero-order valence-electron chi connectivity index (χ0n) is 10.6. The number of methoxy groups -OCH3 is 1. The molecule has 0 aliphatic rings. The van der Waals surface area contributed by atoms with Crippen molar-refractivity contribution in [1.82, 2.24) is 0 Å². The number of carbonyl (C=O) groups excluding carboxylic acids is 1. The van der Waals surface area contributed by atoms with Crippen LogP contribution in [-0.2, 0) is 10.8 Å². The Kier molecular flexibility index (Phi) is 7.77. The van der Waals surface area contributed by atoms with Gasteiger partial charge >= 0.3 is 31.1 Å². The zero-order valence-corrected chi connectivity index (χ0v) is 15.6. The molecule has 0 aromatic heterocycles. The van der Waals surface area contributed by atoms with Crippen LogP contribution in [-0.4, -0.2) is 29.1 Å². The van der Waals surface area contributed by atoms with E-state index in [1.807, 2.05) is 0 Å². The van der Waals surface area contributed by atoms with Gasteiger partial charge in [0.15, 0.2) is 5.78 Å². The fraction of sp³-hybridized carbons (Fsp3) is 0.308. The number of rotatable bonds is 5. The van der Waals surface area contributed by atoms with Gasteiger partial charge in [-0.2, -0.15) is 6.07 Å². The zero-order chi connectivity index (χ0) is 13.0. The third kappa shape index (κ3) is 4.38. The fourth-order valence-corrected chi connectivity index (χ4v) is 2.00. The Morgan fingerprint density at radius 1 is 1.56 bits per heavy atom. The summed E-state index contributed by atoms with van der Waals surface area (Å²) in [5, 5.41) is 0. The Labute approximate surface area is 134 Å². The van der Waals surface area contributed by atoms with Crippen molar-refractivity contribution < 1.29 is 44.9 Å². The van der Waals surface area contributed by atoms with Crippen LogP contribution in [0.15, 0.2) is 12.1 Å². The van der Waals surface area contributed by atoms with Crippen LogP contribution < -0.4 is 4.74 Å². The first-order chi connectivity index (χ1) is 7.97. The minimum Gasteiger partial charge on any atom is -0.558 e. The van der Waals surface area contributed by atoms with Crippen molar-refractivity contribution in [3.05, 3.63) is 35.9 Å². The van der Waals surface area contributed by atoms with Crippen molar-refractivity contribution in [1.29, 1.82) is 0 Å². The van der Waals surface area contributed by atoms with Crippen LogP contribution >= 0.6 is 0 Å². The van der Waals surface area contributed by atoms with Gasteiger partial charge in [-0.3, -0.25) is 14.6 Å². The average Bonchev–Trinajstić information content (AvgIpc) is 2.26. The molecule has 1 unspecified atom stereocenters. The summed E-state index contributed by atoms with van der Waals surface area (Å²) in [4.78, 5) is 11.9. The van der Waals surface area contributed by atoms with E-state index in [2.05, 4.69) is 6.07 Å². The van der Waals surface area contributed by atoms with E-state index in [1.165, 1.54) is 13.4 Å². The first kappa shape index (κ1) is 17.6. The van der Waals surface area contributed by atoms with E-state index in [9.17, 15) is 9.00 Å². The van der Waals surface area contributed by atoms with Crippen molar-refractivity contribution in [2.75, 3.05) is 19.1 Å². The van der Waals surface area contributed by atoms with Crippen LogP contribution in [0.2, 0.25) is 0 Å². The van der Waals surface area contributed by atoms with Gasteiger partial charge in [0.1, 0.15) is 0 Å². The molecule has 0 fully saturated rings. The molecule has 0 N–H and O–H groups in total. The second-order valence-electron chi connectivity index (χ2n) is 3.62. The van der Waals surface area contributed by atoms with Gasteiger partial charge in [0, 0.05) is 17.1 Å². The molecule has 1 aromatic carbocycles. The van der Waals surface area contributed by atoms with Crippen LogP contribution in [0.4, 0.5) is 0 Å². The molecule has 0 saturated heterocycles. The van der Waals surface area contributed by atoms with Crippen LogP contribution in [0, 0.1) is 43.8 Å². The molecule has 0 spiro atoms. The van der Waals surface area contributed by atoms with Gasteiger partial charge in [-0.25, -0.2) is 6.07 Å². The number of allylic oxidation sites excluding steroid dienone is 1. The molecule has 1 aromatic rings. The molecule has 0 heterocycles. The molecule has 0 radical (unpaired) electrons. The molecule has 1 atom stereocenters. The molecule has 0 saturated carbocycles. The van der Waals surface area contributed by atoms with E-state index < -0.39 is 10.8 Å². The van der Waals surface area contributed by atoms with Gasteiger partial charge < -0.3 is 16.9 Å². The number of hydrogen-bond donors (Lipinski definition) is 0. The molecule has 1 rings (SSSR count). The van der Waals surface area contributed by atoms with E-state index in [-0.39, 0.29) is 42.6 Å². The number of benzene rings is 1. The van der Waals surface area contributed by atoms with Crippen molar-refractivity contribution in [3.63, 3.8) is 0 Å². The maximum Gasteiger partial charge on any atom is 2.00 e. The molecule has 0 aliphatic heterocycles. The van der Waals surface area contributed by atoms with Gasteiger partial charge in [0.2, 0.25) is 0 Å². The Bertz CT molecular complexity index is 483. The summed E-state index contributed by atoms with van der Waals surface area (Å²) in [6.07, 6.45) is 1.49. The van der Waals surface area contributed by atoms with Gasteiger partial charge in [-0.1, -0.05) is 0 Å². The van der Waals surface area contributed by atoms with Crippen molar-refractivity contribution in [2.45, 2.75) is 6.92 Å². The van der Waals surface area contributed by atoms with Gasteiger partial charge in [0.05, 0.1) is 12.9 Å². The molecule has 18 heavy (non-hydrogen) atoms. The summed E-state index contributed by atoms with van der Waals surface area (Å²) in [6, 6.07) is 6.13. The summed E-state index contributed by atoms with van der Waals surface area (Å²) in [7, 11) is 0.290. The Morgan fingerprint density at radius 3 is 2.61 bits per heavy atom. The second kappa shape index (κ2) is 7.93. The smallest absolute Gasteiger partial charge is 0.558 e. The van der Waals surface area contributed by atoms with Crippen molar-refractivity contribution in [2.24, 2.45) is 0 Å². The molecule has 0 aliphatic carbocycles. The summed E-state index contributed by atoms with van der Waals surface area (Å²) in [6.45, 7) is 7.40. The summed E-state index contributed by atoms with van der Waals surface area (Å²) in [5.74, 6) is 0.144. The van der Waals surface area contributed by atoms with Crippen molar-refractivity contribution in [3.8, 4) is 5.75 Å². The van der Waals surface area contributed by atoms with Gasteiger partial charge in [-0.05, 0) is 11.3 Å². The molecule has 5 heteroatoms. The maximum atomic E-state index is 11.9. The van der Waals surface area contributed by atoms with Gasteiger partial charge in [-0.15, -0.1) is 13.0 Å². The predicted octanol–water partition coefficient (Wildman–Crippen LogP) is 1.89. The SMILES string of the molecule is [CH-]=C(C)c1[c-]ccc(C(=O)CS(C)=O)c1OC.[U+2]. The van der Waals surface area contributed by atoms with Crippen LogP contribution in [0.25, 0.3) is 5.57 Å². The summed E-state index contributed by atoms with van der Waals surface area (Å²) >= 11 is 0.